The molecule has 2 aromatic carbocycles. The maximum Gasteiger partial charge on any atom is 0.323 e. The lowest BCUT2D eigenvalue weighted by Crippen LogP contribution is -2.62. The van der Waals surface area contributed by atoms with Crippen LogP contribution in [0.3, 0.4) is 0 Å². The molecule has 1 saturated heterocycles. The molecule has 4 amide bonds. The van der Waals surface area contributed by atoms with Gasteiger partial charge in [-0.15, -0.1) is 12.4 Å². The number of amides is 4. The maximum atomic E-state index is 13.3. The van der Waals surface area contributed by atoms with E-state index in [0.29, 0.717) is 11.3 Å². The van der Waals surface area contributed by atoms with Gasteiger partial charge in [0.2, 0.25) is 11.8 Å². The molecule has 224 valence electrons. The van der Waals surface area contributed by atoms with Gasteiger partial charge in [-0.1, -0.05) is 18.2 Å². The first-order valence-electron chi connectivity index (χ1n) is 12.5. The Kier molecular flexibility index (Phi) is 11.8. The Morgan fingerprint density at radius 1 is 1.00 bits per heavy atom. The number of carbonyl (C=O) groups is 5. The predicted octanol–water partition coefficient (Wildman–Crippen LogP) is -0.707. The van der Waals surface area contributed by atoms with Crippen LogP contribution in [-0.4, -0.2) is 100 Å². The maximum absolute atomic E-state index is 13.3. The number of carboxylic acids is 1. The summed E-state index contributed by atoms with van der Waals surface area (Å²) in [6.07, 6.45) is -0.0365. The second-order valence-corrected chi connectivity index (χ2v) is 9.03. The molecule has 1 atom stereocenters. The second kappa shape index (κ2) is 15.0. The average Bonchev–Trinajstić information content (AvgIpc) is 2.93. The summed E-state index contributed by atoms with van der Waals surface area (Å²) >= 11 is 0. The number of halogens is 1. The Morgan fingerprint density at radius 2 is 1.64 bits per heavy atom. The summed E-state index contributed by atoms with van der Waals surface area (Å²) in [5.74, 6) is -4.42. The molecule has 1 aliphatic heterocycles. The molecule has 16 heteroatoms. The van der Waals surface area contributed by atoms with Gasteiger partial charge in [0.15, 0.2) is 11.9 Å². The third-order valence-electron chi connectivity index (χ3n) is 6.17. The second-order valence-electron chi connectivity index (χ2n) is 9.03. The van der Waals surface area contributed by atoms with Gasteiger partial charge in [0.25, 0.3) is 11.8 Å². The van der Waals surface area contributed by atoms with Crippen molar-refractivity contribution in [3.63, 3.8) is 0 Å². The molecule has 0 bridgehead atoms. The number of guanidine groups is 2. The number of hydrogen-bond donors (Lipinski definition) is 6. The Balaban J connectivity index is 0.00000616. The number of aliphatic imine (C=N–C) groups is 1. The van der Waals surface area contributed by atoms with Crippen LogP contribution in [0.2, 0.25) is 0 Å². The fraction of sp³-hybridized carbons (Fsp3) is 0.269. The molecule has 42 heavy (non-hydrogen) atoms. The topological polar surface area (TPSA) is 242 Å². The summed E-state index contributed by atoms with van der Waals surface area (Å²) in [5, 5.41) is 19.7. The first-order chi connectivity index (χ1) is 19.5. The average molecular weight is 602 g/mol. The largest absolute Gasteiger partial charge is 0.480 e. The number of nitrogens with two attached hydrogens (primary N) is 3. The first-order valence-corrected chi connectivity index (χ1v) is 12.5. The Hall–Kier alpha value is -5.18. The van der Waals surface area contributed by atoms with E-state index in [2.05, 4.69) is 10.3 Å². The lowest BCUT2D eigenvalue weighted by Gasteiger charge is -2.40. The molecule has 1 heterocycles. The van der Waals surface area contributed by atoms with E-state index in [-0.39, 0.29) is 50.0 Å². The highest BCUT2D eigenvalue weighted by atomic mass is 35.5. The van der Waals surface area contributed by atoms with E-state index in [0.717, 1.165) is 9.80 Å². The van der Waals surface area contributed by atoms with Gasteiger partial charge in [0, 0.05) is 30.8 Å². The lowest BCUT2D eigenvalue weighted by molar-refractivity contribution is -0.155. The number of nitrogens with zero attached hydrogens (tertiary/aromatic N) is 4. The van der Waals surface area contributed by atoms with Gasteiger partial charge in [0.1, 0.15) is 19.1 Å². The molecule has 0 aliphatic carbocycles. The van der Waals surface area contributed by atoms with Gasteiger partial charge in [-0.2, -0.15) is 0 Å². The zero-order chi connectivity index (χ0) is 30.1. The summed E-state index contributed by atoms with van der Waals surface area (Å²) in [6.45, 7) is -1.27. The summed E-state index contributed by atoms with van der Waals surface area (Å²) in [4.78, 5) is 70.3. The van der Waals surface area contributed by atoms with Crippen molar-refractivity contribution in [3.05, 3.63) is 65.7 Å². The molecule has 15 nitrogen and oxygen atoms in total. The third kappa shape index (κ3) is 8.66. The van der Waals surface area contributed by atoms with Crippen LogP contribution < -0.4 is 22.5 Å². The highest BCUT2D eigenvalue weighted by Gasteiger charge is 2.38. The van der Waals surface area contributed by atoms with Crippen molar-refractivity contribution >= 4 is 59.6 Å². The van der Waals surface area contributed by atoms with Crippen LogP contribution in [0.15, 0.2) is 59.6 Å². The molecule has 0 aromatic heterocycles. The molecular weight excluding hydrogens is 570 g/mol. The summed E-state index contributed by atoms with van der Waals surface area (Å²) in [7, 11) is 0. The highest BCUT2D eigenvalue weighted by molar-refractivity contribution is 6.07. The van der Waals surface area contributed by atoms with E-state index in [9.17, 15) is 29.1 Å². The molecular formula is C26H32ClN9O6. The zero-order valence-electron chi connectivity index (χ0n) is 22.4. The number of aliphatic carboxylic acids is 1. The van der Waals surface area contributed by atoms with Crippen molar-refractivity contribution in [2.75, 3.05) is 32.7 Å². The van der Waals surface area contributed by atoms with Gasteiger partial charge in [-0.25, -0.2) is 4.99 Å². The minimum atomic E-state index is -1.22. The minimum absolute atomic E-state index is 0. The Morgan fingerprint density at radius 3 is 2.21 bits per heavy atom. The number of carboxylic acid groups (broad SMARTS) is 1. The van der Waals surface area contributed by atoms with E-state index in [1.54, 1.807) is 30.3 Å². The predicted molar refractivity (Wildman–Crippen MR) is 155 cm³/mol. The zero-order valence-corrected chi connectivity index (χ0v) is 23.3. The number of piperazine rings is 1. The van der Waals surface area contributed by atoms with Gasteiger partial charge >= 0.3 is 5.97 Å². The van der Waals surface area contributed by atoms with Crippen molar-refractivity contribution in [3.8, 4) is 0 Å². The van der Waals surface area contributed by atoms with Crippen molar-refractivity contribution in [2.45, 2.75) is 12.5 Å². The number of benzene rings is 2. The normalized spacial score (nSPS) is 14.3. The van der Waals surface area contributed by atoms with Crippen LogP contribution in [0, 0.1) is 5.41 Å². The highest BCUT2D eigenvalue weighted by Crippen LogP contribution is 2.17. The number of hydrogen-bond acceptors (Lipinski definition) is 7. The van der Waals surface area contributed by atoms with E-state index < -0.39 is 54.7 Å². The van der Waals surface area contributed by atoms with Gasteiger partial charge in [-0.05, 0) is 42.8 Å². The molecule has 3 rings (SSSR count). The minimum Gasteiger partial charge on any atom is -0.480 e. The summed E-state index contributed by atoms with van der Waals surface area (Å²) in [5.41, 5.74) is 17.2. The molecule has 0 radical (unpaired) electrons. The van der Waals surface area contributed by atoms with E-state index in [1.807, 2.05) is 0 Å². The van der Waals surface area contributed by atoms with Crippen molar-refractivity contribution in [1.29, 1.82) is 5.41 Å². The molecule has 1 aliphatic rings. The molecule has 0 unspecified atom stereocenters. The Bertz CT molecular complexity index is 1350. The molecule has 0 spiro atoms. The van der Waals surface area contributed by atoms with Gasteiger partial charge in [-0.3, -0.25) is 34.3 Å². The Labute approximate surface area is 247 Å². The molecule has 0 saturated carbocycles. The number of rotatable bonds is 10. The van der Waals surface area contributed by atoms with Crippen LogP contribution in [0.5, 0.6) is 0 Å². The van der Waals surface area contributed by atoms with Crippen LogP contribution in [0.4, 0.5) is 5.69 Å². The number of nitrogens with one attached hydrogen (secondary N) is 2. The monoisotopic (exact) mass is 601 g/mol. The van der Waals surface area contributed by atoms with Crippen LogP contribution >= 0.6 is 12.4 Å². The SMILES string of the molecule is Cl.N=C(N)N(CC(=O)N1CCN(CC(=O)O)C(=O)[C@@H]1CCNC(=O)c1ccc(N=C(N)N)cc1)C(=O)c1ccccc1. The fourth-order valence-electron chi connectivity index (χ4n) is 4.23. The number of carbonyl (C=O) groups excluding carboxylic acids is 4. The van der Waals surface area contributed by atoms with Crippen LogP contribution in [0.1, 0.15) is 27.1 Å². The van der Waals surface area contributed by atoms with E-state index in [4.69, 9.17) is 22.6 Å². The standard InChI is InChI=1S/C26H31N9O6.ClH/c27-25(28)32-18-8-6-16(7-9-18)22(39)31-11-10-19-24(41)33(15-21(37)38)12-13-34(19)20(36)14-35(26(29)30)23(40)17-4-2-1-3-5-17;/h1-9,19H,10-15H2,(H3,29,30)(H,31,39)(H,37,38)(H4,27,28,32);1H/t19-;/m0./s1. The van der Waals surface area contributed by atoms with Gasteiger partial charge < -0.3 is 37.4 Å². The lowest BCUT2D eigenvalue weighted by atomic mass is 10.1. The van der Waals surface area contributed by atoms with Crippen molar-refractivity contribution in [2.24, 2.45) is 22.2 Å². The fourth-order valence-corrected chi connectivity index (χ4v) is 4.23. The van der Waals surface area contributed by atoms with Gasteiger partial charge in [0.05, 0.1) is 5.69 Å². The first kappa shape index (κ1) is 33.0. The van der Waals surface area contributed by atoms with Crippen LogP contribution in [-0.2, 0) is 14.4 Å². The van der Waals surface area contributed by atoms with Crippen molar-refractivity contribution < 1.29 is 29.1 Å². The molecule has 2 aromatic rings. The summed E-state index contributed by atoms with van der Waals surface area (Å²) in [6, 6.07) is 12.9. The quantitative estimate of drug-likeness (QED) is 0.149. The van der Waals surface area contributed by atoms with Crippen LogP contribution in [0.25, 0.3) is 0 Å². The van der Waals surface area contributed by atoms with E-state index in [1.165, 1.54) is 29.2 Å². The smallest absolute Gasteiger partial charge is 0.323 e. The molecule has 9 N–H and O–H groups in total. The summed E-state index contributed by atoms with van der Waals surface area (Å²) < 4.78 is 0. The van der Waals surface area contributed by atoms with E-state index >= 15 is 0 Å². The van der Waals surface area contributed by atoms with Crippen molar-refractivity contribution in [1.82, 2.24) is 20.0 Å². The third-order valence-corrected chi connectivity index (χ3v) is 6.17. The molecule has 1 fully saturated rings.